The molecule has 11 nitrogen and oxygen atoms in total. The SMILES string of the molecule is COc1ccc2c(c1)[C@@]1(O[C@H](CCn3cc(CCO)nn3)[C@@H]([Si](C)(C)F)[C@@H]1C)C(=O)N2Cc1ccc(NC(=O)[C@H](C)O)cc1. The smallest absolute Gasteiger partial charge is 0.264 e. The van der Waals surface area contributed by atoms with Crippen molar-refractivity contribution >= 4 is 31.6 Å². The third-order valence-electron chi connectivity index (χ3n) is 8.71. The molecule has 3 N–H and O–H groups in total. The predicted molar refractivity (Wildman–Crippen MR) is 164 cm³/mol. The van der Waals surface area contributed by atoms with Gasteiger partial charge in [-0.25, -0.2) is 0 Å². The molecule has 2 aliphatic rings. The van der Waals surface area contributed by atoms with E-state index in [0.717, 1.165) is 5.56 Å². The molecule has 1 saturated heterocycles. The van der Waals surface area contributed by atoms with Crippen LogP contribution in [0, 0.1) is 5.92 Å². The van der Waals surface area contributed by atoms with Crippen molar-refractivity contribution in [2.24, 2.45) is 5.92 Å². The number of amides is 2. The number of nitrogens with zero attached hydrogens (tertiary/aromatic N) is 4. The average molecular weight is 626 g/mol. The largest absolute Gasteiger partial charge is 0.497 e. The summed E-state index contributed by atoms with van der Waals surface area (Å²) in [5, 5.41) is 29.6. The number of hydrogen-bond acceptors (Lipinski definition) is 8. The Hall–Kier alpha value is -3.65. The molecule has 2 aliphatic heterocycles. The summed E-state index contributed by atoms with van der Waals surface area (Å²) >= 11 is 0. The number of carbonyl (C=O) groups is 2. The van der Waals surface area contributed by atoms with E-state index in [-0.39, 0.29) is 19.1 Å². The Balaban J connectivity index is 1.46. The highest BCUT2D eigenvalue weighted by atomic mass is 28.4. The standard InChI is InChI=1S/C31H40FN5O6Si/c1-19-28(44(4,5)32)27(12-14-36-18-23(13-15-38)34-35-36)43-31(19)25-16-24(42-3)10-11-26(25)37(30(31)41)17-21-6-8-22(9-7-21)33-29(40)20(2)39/h6-11,16,18-20,27-28,38-39H,12-15,17H2,1-5H3,(H,33,40)/t19-,20-,27+,28-,31+/m0/s1. The monoisotopic (exact) mass is 625 g/mol. The molecule has 0 bridgehead atoms. The molecule has 0 saturated carbocycles. The van der Waals surface area contributed by atoms with Gasteiger partial charge in [0, 0.05) is 48.5 Å². The van der Waals surface area contributed by atoms with Crippen molar-refractivity contribution in [2.45, 2.75) is 76.2 Å². The fraction of sp³-hybridized carbons (Fsp3) is 0.484. The van der Waals surface area contributed by atoms with Crippen LogP contribution in [0.2, 0.25) is 18.6 Å². The summed E-state index contributed by atoms with van der Waals surface area (Å²) in [6.07, 6.45) is 0.920. The highest BCUT2D eigenvalue weighted by molar-refractivity contribution is 6.72. The van der Waals surface area contributed by atoms with E-state index in [1.165, 1.54) is 6.92 Å². The number of halogens is 1. The Bertz CT molecular complexity index is 1510. The maximum atomic E-state index is 16.1. The Morgan fingerprint density at radius 3 is 2.61 bits per heavy atom. The third-order valence-corrected chi connectivity index (χ3v) is 11.2. The number of ether oxygens (including phenoxy) is 2. The number of aliphatic hydroxyl groups excluding tert-OH is 2. The van der Waals surface area contributed by atoms with Crippen molar-refractivity contribution in [3.8, 4) is 5.75 Å². The minimum Gasteiger partial charge on any atom is -0.497 e. The second-order valence-corrected chi connectivity index (χ2v) is 15.9. The number of methoxy groups -OCH3 is 1. The summed E-state index contributed by atoms with van der Waals surface area (Å²) < 4.78 is 30.1. The Labute approximate surface area is 257 Å². The van der Waals surface area contributed by atoms with Crippen LogP contribution >= 0.6 is 0 Å². The van der Waals surface area contributed by atoms with E-state index in [2.05, 4.69) is 15.6 Å². The summed E-state index contributed by atoms with van der Waals surface area (Å²) in [4.78, 5) is 28.1. The zero-order chi connectivity index (χ0) is 31.8. The molecule has 44 heavy (non-hydrogen) atoms. The lowest BCUT2D eigenvalue weighted by Gasteiger charge is -2.31. The summed E-state index contributed by atoms with van der Waals surface area (Å²) in [7, 11) is -1.78. The van der Waals surface area contributed by atoms with Crippen LogP contribution in [-0.2, 0) is 39.4 Å². The molecule has 3 aromatic rings. The van der Waals surface area contributed by atoms with Gasteiger partial charge in [-0.2, -0.15) is 0 Å². The zero-order valence-corrected chi connectivity index (χ0v) is 26.7. The van der Waals surface area contributed by atoms with Crippen molar-refractivity contribution in [1.29, 1.82) is 0 Å². The van der Waals surface area contributed by atoms with Gasteiger partial charge >= 0.3 is 0 Å². The van der Waals surface area contributed by atoms with Gasteiger partial charge < -0.3 is 34.0 Å². The van der Waals surface area contributed by atoms with Gasteiger partial charge in [0.25, 0.3) is 11.8 Å². The number of rotatable bonds is 11. The zero-order valence-electron chi connectivity index (χ0n) is 25.7. The predicted octanol–water partition coefficient (Wildman–Crippen LogP) is 3.55. The van der Waals surface area contributed by atoms with Gasteiger partial charge in [-0.1, -0.05) is 24.3 Å². The number of benzene rings is 2. The lowest BCUT2D eigenvalue weighted by Crippen LogP contribution is -2.45. The van der Waals surface area contributed by atoms with Crippen molar-refractivity contribution in [3.63, 3.8) is 0 Å². The molecule has 0 aliphatic carbocycles. The van der Waals surface area contributed by atoms with E-state index in [0.29, 0.717) is 47.8 Å². The second-order valence-electron chi connectivity index (χ2n) is 12.1. The molecule has 1 fully saturated rings. The van der Waals surface area contributed by atoms with Crippen LogP contribution in [-0.4, -0.2) is 71.4 Å². The molecule has 13 heteroatoms. The lowest BCUT2D eigenvalue weighted by atomic mass is 9.82. The molecular formula is C31H40FN5O6Si. The molecule has 3 heterocycles. The topological polar surface area (TPSA) is 139 Å². The number of aliphatic hydroxyl groups is 2. The lowest BCUT2D eigenvalue weighted by molar-refractivity contribution is -0.146. The normalized spacial score (nSPS) is 23.7. The molecule has 236 valence electrons. The maximum Gasteiger partial charge on any atom is 0.264 e. The molecule has 1 aromatic heterocycles. The number of aryl methyl sites for hydroxylation is 1. The second kappa shape index (κ2) is 12.4. The van der Waals surface area contributed by atoms with Crippen molar-refractivity contribution in [1.82, 2.24) is 15.0 Å². The minimum atomic E-state index is -3.34. The van der Waals surface area contributed by atoms with Gasteiger partial charge in [0.2, 0.25) is 8.41 Å². The number of carbonyl (C=O) groups excluding carboxylic acids is 2. The molecule has 2 amide bonds. The quantitative estimate of drug-likeness (QED) is 0.217. The summed E-state index contributed by atoms with van der Waals surface area (Å²) in [5.74, 6) is -0.650. The highest BCUT2D eigenvalue weighted by Gasteiger charge is 2.66. The van der Waals surface area contributed by atoms with Gasteiger partial charge in [0.1, 0.15) is 11.9 Å². The molecular weight excluding hydrogens is 585 g/mol. The molecule has 0 unspecified atom stereocenters. The number of hydrogen-bond donors (Lipinski definition) is 3. The summed E-state index contributed by atoms with van der Waals surface area (Å²) in [6.45, 7) is 7.27. The van der Waals surface area contributed by atoms with Crippen LogP contribution < -0.4 is 15.0 Å². The summed E-state index contributed by atoms with van der Waals surface area (Å²) in [6, 6.07) is 12.5. The first kappa shape index (κ1) is 31.8. The fourth-order valence-electron chi connectivity index (χ4n) is 6.64. The first-order chi connectivity index (χ1) is 20.9. The van der Waals surface area contributed by atoms with E-state index in [1.54, 1.807) is 54.2 Å². The molecule has 5 rings (SSSR count). The Morgan fingerprint density at radius 2 is 1.98 bits per heavy atom. The highest BCUT2D eigenvalue weighted by Crippen LogP contribution is 2.60. The molecule has 0 radical (unpaired) electrons. The first-order valence-electron chi connectivity index (χ1n) is 14.8. The fourth-order valence-corrected chi connectivity index (χ4v) is 9.18. The van der Waals surface area contributed by atoms with Crippen LogP contribution in [0.15, 0.2) is 48.7 Å². The first-order valence-corrected chi connectivity index (χ1v) is 17.8. The number of nitrogens with one attached hydrogen (secondary N) is 1. The van der Waals surface area contributed by atoms with Gasteiger partial charge in [-0.05, 0) is 62.3 Å². The number of aromatic nitrogens is 3. The Morgan fingerprint density at radius 1 is 1.25 bits per heavy atom. The van der Waals surface area contributed by atoms with E-state index in [1.807, 2.05) is 31.2 Å². The third kappa shape index (κ3) is 5.88. The van der Waals surface area contributed by atoms with Crippen molar-refractivity contribution < 1.29 is 33.4 Å². The van der Waals surface area contributed by atoms with Gasteiger partial charge in [0.15, 0.2) is 5.60 Å². The van der Waals surface area contributed by atoms with Crippen LogP contribution in [0.3, 0.4) is 0 Å². The van der Waals surface area contributed by atoms with Crippen LogP contribution in [0.1, 0.15) is 37.1 Å². The minimum absolute atomic E-state index is 0.0284. The van der Waals surface area contributed by atoms with Gasteiger partial charge in [-0.3, -0.25) is 14.3 Å². The molecule has 1 spiro atoms. The molecule has 5 atom stereocenters. The van der Waals surface area contributed by atoms with Crippen LogP contribution in [0.4, 0.5) is 15.5 Å². The van der Waals surface area contributed by atoms with Gasteiger partial charge in [0.05, 0.1) is 31.1 Å². The van der Waals surface area contributed by atoms with E-state index >= 15 is 4.11 Å². The van der Waals surface area contributed by atoms with Gasteiger partial charge in [-0.15, -0.1) is 5.10 Å². The van der Waals surface area contributed by atoms with Crippen molar-refractivity contribution in [3.05, 3.63) is 65.5 Å². The molecule has 2 aromatic carbocycles. The number of anilines is 2. The van der Waals surface area contributed by atoms with Crippen molar-refractivity contribution in [2.75, 3.05) is 23.9 Å². The Kier molecular flexibility index (Phi) is 8.94. The average Bonchev–Trinajstić information content (AvgIpc) is 3.62. The maximum absolute atomic E-state index is 16.1. The van der Waals surface area contributed by atoms with Crippen LogP contribution in [0.25, 0.3) is 0 Å². The number of fused-ring (bicyclic) bond motifs is 2. The summed E-state index contributed by atoms with van der Waals surface area (Å²) in [5.41, 5.74) is 1.48. The van der Waals surface area contributed by atoms with Crippen LogP contribution in [0.5, 0.6) is 5.75 Å². The van der Waals surface area contributed by atoms with E-state index in [9.17, 15) is 19.8 Å². The van der Waals surface area contributed by atoms with E-state index < -0.39 is 43.6 Å². The van der Waals surface area contributed by atoms with E-state index in [4.69, 9.17) is 9.47 Å².